The lowest BCUT2D eigenvalue weighted by atomic mass is 10.1. The molecule has 2 amide bonds. The highest BCUT2D eigenvalue weighted by Gasteiger charge is 2.24. The van der Waals surface area contributed by atoms with Gasteiger partial charge in [-0.3, -0.25) is 20.4 Å². The molecule has 0 fully saturated rings. The molecule has 0 spiro atoms. The fourth-order valence-corrected chi connectivity index (χ4v) is 3.11. The fraction of sp³-hybridized carbons (Fsp3) is 0.435. The van der Waals surface area contributed by atoms with Crippen molar-refractivity contribution in [2.75, 3.05) is 20.8 Å². The number of benzene rings is 1. The molecule has 0 saturated heterocycles. The van der Waals surface area contributed by atoms with Gasteiger partial charge >= 0.3 is 5.97 Å². The Morgan fingerprint density at radius 3 is 2.34 bits per heavy atom. The molecule has 1 aromatic carbocycles. The second kappa shape index (κ2) is 11.2. The van der Waals surface area contributed by atoms with Crippen LogP contribution < -0.4 is 20.3 Å². The number of aryl methyl sites for hydroxylation is 1. The molecule has 1 heterocycles. The van der Waals surface area contributed by atoms with Crippen LogP contribution in [0.2, 0.25) is 0 Å². The first kappa shape index (κ1) is 24.8. The maximum absolute atomic E-state index is 12.6. The lowest BCUT2D eigenvalue weighted by Gasteiger charge is -2.13. The van der Waals surface area contributed by atoms with Crippen LogP contribution in [-0.4, -0.2) is 43.6 Å². The quantitative estimate of drug-likeness (QED) is 0.403. The number of esters is 1. The summed E-state index contributed by atoms with van der Waals surface area (Å²) in [7, 11) is 2.77. The number of hydrazine groups is 1. The van der Waals surface area contributed by atoms with Crippen LogP contribution in [0.5, 0.6) is 11.5 Å². The normalized spacial score (nSPS) is 10.6. The van der Waals surface area contributed by atoms with Crippen LogP contribution in [0.4, 0.5) is 0 Å². The summed E-state index contributed by atoms with van der Waals surface area (Å²) >= 11 is 0. The number of amides is 2. The number of carbonyl (C=O) groups is 3. The number of nitrogens with one attached hydrogen (secondary N) is 3. The van der Waals surface area contributed by atoms with Gasteiger partial charge in [-0.1, -0.05) is 20.8 Å². The third-order valence-corrected chi connectivity index (χ3v) is 4.97. The molecular formula is C23H31N3O6. The van der Waals surface area contributed by atoms with E-state index in [-0.39, 0.29) is 11.3 Å². The highest BCUT2D eigenvalue weighted by atomic mass is 16.5. The summed E-state index contributed by atoms with van der Waals surface area (Å²) < 4.78 is 15.8. The van der Waals surface area contributed by atoms with Crippen LogP contribution in [0.1, 0.15) is 69.7 Å². The van der Waals surface area contributed by atoms with Crippen molar-refractivity contribution in [2.24, 2.45) is 5.92 Å². The van der Waals surface area contributed by atoms with E-state index in [1.165, 1.54) is 20.3 Å². The van der Waals surface area contributed by atoms with Crippen molar-refractivity contribution in [1.29, 1.82) is 0 Å². The third kappa shape index (κ3) is 5.81. The fourth-order valence-electron chi connectivity index (χ4n) is 3.11. The van der Waals surface area contributed by atoms with Crippen LogP contribution in [0.25, 0.3) is 0 Å². The van der Waals surface area contributed by atoms with Gasteiger partial charge in [-0.2, -0.15) is 0 Å². The van der Waals surface area contributed by atoms with E-state index >= 15 is 0 Å². The number of aromatic amines is 1. The van der Waals surface area contributed by atoms with Crippen molar-refractivity contribution < 1.29 is 28.6 Å². The molecule has 2 aromatic rings. The Labute approximate surface area is 187 Å². The second-order valence-electron chi connectivity index (χ2n) is 7.63. The number of ether oxygens (including phenoxy) is 3. The molecule has 0 aliphatic carbocycles. The van der Waals surface area contributed by atoms with Gasteiger partial charge in [0, 0.05) is 11.3 Å². The number of hydrogen-bond acceptors (Lipinski definition) is 6. The molecule has 32 heavy (non-hydrogen) atoms. The highest BCUT2D eigenvalue weighted by Crippen LogP contribution is 2.28. The Balaban J connectivity index is 2.08. The van der Waals surface area contributed by atoms with E-state index in [4.69, 9.17) is 14.2 Å². The zero-order valence-corrected chi connectivity index (χ0v) is 19.4. The summed E-state index contributed by atoms with van der Waals surface area (Å²) in [6.07, 6.45) is 1.41. The van der Waals surface area contributed by atoms with Crippen molar-refractivity contribution in [1.82, 2.24) is 15.8 Å². The molecule has 0 aliphatic heterocycles. The lowest BCUT2D eigenvalue weighted by Crippen LogP contribution is -2.42. The number of rotatable bonds is 9. The number of hydrogen-bond donors (Lipinski definition) is 3. The van der Waals surface area contributed by atoms with Gasteiger partial charge in [-0.15, -0.1) is 0 Å². The van der Waals surface area contributed by atoms with Gasteiger partial charge in [-0.25, -0.2) is 4.79 Å². The molecular weight excluding hydrogens is 414 g/mol. The van der Waals surface area contributed by atoms with E-state index in [1.807, 2.05) is 6.92 Å². The molecule has 0 unspecified atom stereocenters. The maximum atomic E-state index is 12.6. The molecule has 2 rings (SSSR count). The molecule has 0 saturated carbocycles. The molecule has 0 atom stereocenters. The Bertz CT molecular complexity index is 980. The number of aromatic nitrogens is 1. The molecule has 9 heteroatoms. The van der Waals surface area contributed by atoms with E-state index in [0.29, 0.717) is 47.3 Å². The topological polar surface area (TPSA) is 119 Å². The van der Waals surface area contributed by atoms with Gasteiger partial charge in [0.2, 0.25) is 0 Å². The zero-order valence-electron chi connectivity index (χ0n) is 19.4. The number of H-pyrrole nitrogens is 1. The van der Waals surface area contributed by atoms with Gasteiger partial charge in [0.15, 0.2) is 11.5 Å². The van der Waals surface area contributed by atoms with Crippen molar-refractivity contribution in [3.05, 3.63) is 46.3 Å². The zero-order chi connectivity index (χ0) is 23.8. The van der Waals surface area contributed by atoms with E-state index in [1.54, 1.807) is 19.1 Å². The molecule has 0 aliphatic rings. The lowest BCUT2D eigenvalue weighted by molar-refractivity contribution is 0.0598. The van der Waals surface area contributed by atoms with Crippen molar-refractivity contribution in [3.8, 4) is 11.5 Å². The van der Waals surface area contributed by atoms with Gasteiger partial charge in [0.05, 0.1) is 26.4 Å². The van der Waals surface area contributed by atoms with E-state index < -0.39 is 17.8 Å². The average molecular weight is 446 g/mol. The molecule has 1 aromatic heterocycles. The van der Waals surface area contributed by atoms with Gasteiger partial charge in [-0.05, 0) is 49.4 Å². The van der Waals surface area contributed by atoms with E-state index in [9.17, 15) is 14.4 Å². The van der Waals surface area contributed by atoms with Crippen LogP contribution in [0.3, 0.4) is 0 Å². The van der Waals surface area contributed by atoms with E-state index in [2.05, 4.69) is 29.7 Å². The largest absolute Gasteiger partial charge is 0.493 e. The SMILES string of the molecule is CCc1[nH]c(C(=O)NNC(=O)c2ccc(OCCC(C)C)c(OC)c2)c(C)c1C(=O)OC. The van der Waals surface area contributed by atoms with Crippen LogP contribution in [0.15, 0.2) is 18.2 Å². The standard InChI is InChI=1S/C23H31N3O6/c1-7-16-19(23(29)31-6)14(4)20(24-16)22(28)26-25-21(27)15-8-9-17(18(12-15)30-5)32-11-10-13(2)3/h8-9,12-13,24H,7,10-11H2,1-6H3,(H,25,27)(H,26,28). The summed E-state index contributed by atoms with van der Waals surface area (Å²) in [5.74, 6) is -0.169. The van der Waals surface area contributed by atoms with Crippen molar-refractivity contribution in [3.63, 3.8) is 0 Å². The summed E-state index contributed by atoms with van der Waals surface area (Å²) in [4.78, 5) is 40.1. The Kier molecular flexibility index (Phi) is 8.69. The van der Waals surface area contributed by atoms with Gasteiger partial charge < -0.3 is 19.2 Å². The third-order valence-electron chi connectivity index (χ3n) is 4.97. The predicted octanol–water partition coefficient (Wildman–Crippen LogP) is 3.18. The van der Waals surface area contributed by atoms with E-state index in [0.717, 1.165) is 6.42 Å². The van der Waals surface area contributed by atoms with Crippen LogP contribution in [0, 0.1) is 12.8 Å². The molecule has 0 radical (unpaired) electrons. The van der Waals surface area contributed by atoms with Crippen molar-refractivity contribution in [2.45, 2.75) is 40.5 Å². The first-order chi connectivity index (χ1) is 15.2. The number of methoxy groups -OCH3 is 2. The number of carbonyl (C=O) groups excluding carboxylic acids is 3. The highest BCUT2D eigenvalue weighted by molar-refractivity contribution is 6.02. The summed E-state index contributed by atoms with van der Waals surface area (Å²) in [5, 5.41) is 0. The Morgan fingerprint density at radius 2 is 1.75 bits per heavy atom. The van der Waals surface area contributed by atoms with Crippen molar-refractivity contribution >= 4 is 17.8 Å². The molecule has 174 valence electrons. The van der Waals surface area contributed by atoms with Gasteiger partial charge in [0.25, 0.3) is 11.8 Å². The Hall–Kier alpha value is -3.49. The average Bonchev–Trinajstić information content (AvgIpc) is 3.12. The van der Waals surface area contributed by atoms with Crippen LogP contribution >= 0.6 is 0 Å². The molecule has 0 bridgehead atoms. The minimum atomic E-state index is -0.582. The summed E-state index contributed by atoms with van der Waals surface area (Å²) in [6, 6.07) is 4.77. The molecule has 3 N–H and O–H groups in total. The first-order valence-corrected chi connectivity index (χ1v) is 10.4. The monoisotopic (exact) mass is 445 g/mol. The predicted molar refractivity (Wildman–Crippen MR) is 119 cm³/mol. The van der Waals surface area contributed by atoms with Crippen LogP contribution in [-0.2, 0) is 11.2 Å². The minimum absolute atomic E-state index is 0.175. The minimum Gasteiger partial charge on any atom is -0.493 e. The smallest absolute Gasteiger partial charge is 0.339 e. The van der Waals surface area contributed by atoms with Gasteiger partial charge in [0.1, 0.15) is 5.69 Å². The second-order valence-corrected chi connectivity index (χ2v) is 7.63. The molecule has 9 nitrogen and oxygen atoms in total. The first-order valence-electron chi connectivity index (χ1n) is 10.4. The summed E-state index contributed by atoms with van der Waals surface area (Å²) in [6.45, 7) is 8.25. The summed E-state index contributed by atoms with van der Waals surface area (Å²) in [5.41, 5.74) is 6.55. The Morgan fingerprint density at radius 1 is 1.06 bits per heavy atom. The maximum Gasteiger partial charge on any atom is 0.339 e.